The lowest BCUT2D eigenvalue weighted by Crippen LogP contribution is -2.20. The summed E-state index contributed by atoms with van der Waals surface area (Å²) in [5.74, 6) is 0.467. The number of anilines is 2. The molecule has 0 unspecified atom stereocenters. The van der Waals surface area contributed by atoms with Crippen LogP contribution in [0.3, 0.4) is 0 Å². The minimum Gasteiger partial charge on any atom is -0.355 e. The standard InChI is InChI=1S/C16H15F3N4O/c17-16(18,19)12-5-3-11(4-6-12)15(24)20-13-7-8-14(22-21-13)23-9-1-2-10-23/h3-8H,1-2,9-10H2,(H,20,21,24). The van der Waals surface area contributed by atoms with Gasteiger partial charge in [-0.2, -0.15) is 13.2 Å². The minimum absolute atomic E-state index is 0.119. The van der Waals surface area contributed by atoms with E-state index in [1.54, 1.807) is 12.1 Å². The van der Waals surface area contributed by atoms with E-state index < -0.39 is 17.6 Å². The molecule has 0 radical (unpaired) electrons. The largest absolute Gasteiger partial charge is 0.416 e. The van der Waals surface area contributed by atoms with Gasteiger partial charge in [-0.15, -0.1) is 10.2 Å². The molecule has 0 aliphatic carbocycles. The summed E-state index contributed by atoms with van der Waals surface area (Å²) in [7, 11) is 0. The maximum Gasteiger partial charge on any atom is 0.416 e. The Morgan fingerprint density at radius 1 is 1.00 bits per heavy atom. The first-order valence-corrected chi connectivity index (χ1v) is 7.51. The fourth-order valence-electron chi connectivity index (χ4n) is 2.51. The highest BCUT2D eigenvalue weighted by molar-refractivity contribution is 6.03. The number of carbonyl (C=O) groups excluding carboxylic acids is 1. The van der Waals surface area contributed by atoms with Gasteiger partial charge in [-0.1, -0.05) is 0 Å². The van der Waals surface area contributed by atoms with Crippen molar-refractivity contribution >= 4 is 17.5 Å². The molecule has 1 aromatic carbocycles. The topological polar surface area (TPSA) is 58.1 Å². The Morgan fingerprint density at radius 3 is 2.21 bits per heavy atom. The van der Waals surface area contributed by atoms with Gasteiger partial charge in [0.2, 0.25) is 0 Å². The van der Waals surface area contributed by atoms with Crippen molar-refractivity contribution in [1.29, 1.82) is 0 Å². The van der Waals surface area contributed by atoms with Gasteiger partial charge in [-0.3, -0.25) is 4.79 Å². The Labute approximate surface area is 136 Å². The number of hydrogen-bond acceptors (Lipinski definition) is 4. The maximum absolute atomic E-state index is 12.5. The van der Waals surface area contributed by atoms with E-state index in [-0.39, 0.29) is 11.4 Å². The number of alkyl halides is 3. The monoisotopic (exact) mass is 336 g/mol. The Kier molecular flexibility index (Phi) is 4.37. The van der Waals surface area contributed by atoms with E-state index in [1.807, 2.05) is 0 Å². The van der Waals surface area contributed by atoms with Gasteiger partial charge in [0.1, 0.15) is 0 Å². The Hall–Kier alpha value is -2.64. The number of hydrogen-bond donors (Lipinski definition) is 1. The zero-order valence-corrected chi connectivity index (χ0v) is 12.7. The number of nitrogens with zero attached hydrogens (tertiary/aromatic N) is 3. The molecule has 1 aliphatic rings. The van der Waals surface area contributed by atoms with Crippen LogP contribution < -0.4 is 10.2 Å². The van der Waals surface area contributed by atoms with Gasteiger partial charge in [-0.25, -0.2) is 0 Å². The van der Waals surface area contributed by atoms with Crippen molar-refractivity contribution in [3.63, 3.8) is 0 Å². The van der Waals surface area contributed by atoms with Crippen molar-refractivity contribution in [2.75, 3.05) is 23.3 Å². The summed E-state index contributed by atoms with van der Waals surface area (Å²) in [4.78, 5) is 14.2. The van der Waals surface area contributed by atoms with Crippen molar-refractivity contribution < 1.29 is 18.0 Å². The van der Waals surface area contributed by atoms with Gasteiger partial charge < -0.3 is 10.2 Å². The van der Waals surface area contributed by atoms with Crippen LogP contribution in [-0.2, 0) is 6.18 Å². The van der Waals surface area contributed by atoms with E-state index in [4.69, 9.17) is 0 Å². The second kappa shape index (κ2) is 6.46. The van der Waals surface area contributed by atoms with E-state index in [9.17, 15) is 18.0 Å². The molecule has 1 N–H and O–H groups in total. The van der Waals surface area contributed by atoms with E-state index in [0.29, 0.717) is 0 Å². The number of benzene rings is 1. The number of amides is 1. The van der Waals surface area contributed by atoms with Gasteiger partial charge in [0.15, 0.2) is 11.6 Å². The summed E-state index contributed by atoms with van der Waals surface area (Å²) in [6.07, 6.45) is -2.19. The van der Waals surface area contributed by atoms with Gasteiger partial charge in [0.05, 0.1) is 5.56 Å². The molecule has 1 aliphatic heterocycles. The van der Waals surface area contributed by atoms with Crippen LogP contribution in [0.25, 0.3) is 0 Å². The minimum atomic E-state index is -4.42. The first kappa shape index (κ1) is 16.2. The molecule has 1 fully saturated rings. The molecular formula is C16H15F3N4O. The van der Waals surface area contributed by atoms with Gasteiger partial charge in [0.25, 0.3) is 5.91 Å². The Balaban J connectivity index is 1.66. The van der Waals surface area contributed by atoms with Crippen LogP contribution in [0.2, 0.25) is 0 Å². The maximum atomic E-state index is 12.5. The predicted octanol–water partition coefficient (Wildman–Crippen LogP) is 3.35. The molecule has 1 amide bonds. The smallest absolute Gasteiger partial charge is 0.355 e. The van der Waals surface area contributed by atoms with Crippen molar-refractivity contribution in [1.82, 2.24) is 10.2 Å². The molecule has 5 nitrogen and oxygen atoms in total. The fourth-order valence-corrected chi connectivity index (χ4v) is 2.51. The van der Waals surface area contributed by atoms with Crippen LogP contribution >= 0.6 is 0 Å². The highest BCUT2D eigenvalue weighted by Crippen LogP contribution is 2.29. The average molecular weight is 336 g/mol. The normalized spacial score (nSPS) is 14.7. The molecule has 8 heteroatoms. The second-order valence-electron chi connectivity index (χ2n) is 5.50. The fraction of sp³-hybridized carbons (Fsp3) is 0.312. The third-order valence-electron chi connectivity index (χ3n) is 3.80. The van der Waals surface area contributed by atoms with E-state index in [1.165, 1.54) is 0 Å². The van der Waals surface area contributed by atoms with Gasteiger partial charge in [-0.05, 0) is 49.2 Å². The molecular weight excluding hydrogens is 321 g/mol. The number of nitrogens with one attached hydrogen (secondary N) is 1. The Bertz CT molecular complexity index is 708. The Morgan fingerprint density at radius 2 is 1.67 bits per heavy atom. The first-order valence-electron chi connectivity index (χ1n) is 7.51. The number of rotatable bonds is 3. The third-order valence-corrected chi connectivity index (χ3v) is 3.80. The molecule has 0 spiro atoms. The predicted molar refractivity (Wildman–Crippen MR) is 82.9 cm³/mol. The average Bonchev–Trinajstić information content (AvgIpc) is 3.09. The van der Waals surface area contributed by atoms with Crippen molar-refractivity contribution in [3.05, 3.63) is 47.5 Å². The van der Waals surface area contributed by atoms with Crippen molar-refractivity contribution in [3.8, 4) is 0 Å². The lowest BCUT2D eigenvalue weighted by Gasteiger charge is -2.15. The zero-order chi connectivity index (χ0) is 17.2. The highest BCUT2D eigenvalue weighted by Gasteiger charge is 2.30. The van der Waals surface area contributed by atoms with Gasteiger partial charge >= 0.3 is 6.18 Å². The molecule has 1 aromatic heterocycles. The van der Waals surface area contributed by atoms with E-state index in [0.717, 1.165) is 56.0 Å². The molecule has 0 atom stereocenters. The van der Waals surface area contributed by atoms with Crippen LogP contribution in [0.1, 0.15) is 28.8 Å². The summed E-state index contributed by atoms with van der Waals surface area (Å²) >= 11 is 0. The van der Waals surface area contributed by atoms with Crippen LogP contribution in [0.15, 0.2) is 36.4 Å². The summed E-state index contributed by atoms with van der Waals surface area (Å²) in [6, 6.07) is 7.39. The highest BCUT2D eigenvalue weighted by atomic mass is 19.4. The lowest BCUT2D eigenvalue weighted by molar-refractivity contribution is -0.137. The second-order valence-corrected chi connectivity index (χ2v) is 5.50. The number of aromatic nitrogens is 2. The summed E-state index contributed by atoms with van der Waals surface area (Å²) in [6.45, 7) is 1.87. The molecule has 3 rings (SSSR count). The first-order chi connectivity index (χ1) is 11.4. The van der Waals surface area contributed by atoms with Crippen LogP contribution in [0, 0.1) is 0 Å². The SMILES string of the molecule is O=C(Nc1ccc(N2CCCC2)nn1)c1ccc(C(F)(F)F)cc1. The molecule has 24 heavy (non-hydrogen) atoms. The van der Waals surface area contributed by atoms with E-state index in [2.05, 4.69) is 20.4 Å². The quantitative estimate of drug-likeness (QED) is 0.934. The third kappa shape index (κ3) is 3.64. The van der Waals surface area contributed by atoms with E-state index >= 15 is 0 Å². The van der Waals surface area contributed by atoms with Crippen LogP contribution in [0.4, 0.5) is 24.8 Å². The molecule has 0 bridgehead atoms. The molecule has 0 saturated carbocycles. The van der Waals surface area contributed by atoms with Gasteiger partial charge in [0, 0.05) is 18.7 Å². The number of halogens is 3. The number of carbonyl (C=O) groups is 1. The van der Waals surface area contributed by atoms with Crippen molar-refractivity contribution in [2.24, 2.45) is 0 Å². The van der Waals surface area contributed by atoms with Crippen LogP contribution in [-0.4, -0.2) is 29.2 Å². The van der Waals surface area contributed by atoms with Crippen molar-refractivity contribution in [2.45, 2.75) is 19.0 Å². The summed E-state index contributed by atoms with van der Waals surface area (Å²) < 4.78 is 37.5. The molecule has 126 valence electrons. The molecule has 1 saturated heterocycles. The zero-order valence-electron chi connectivity index (χ0n) is 12.7. The summed E-state index contributed by atoms with van der Waals surface area (Å²) in [5, 5.41) is 10.5. The summed E-state index contributed by atoms with van der Waals surface area (Å²) in [5.41, 5.74) is -0.678. The molecule has 2 heterocycles. The lowest BCUT2D eigenvalue weighted by atomic mass is 10.1. The van der Waals surface area contributed by atoms with Crippen LogP contribution in [0.5, 0.6) is 0 Å². The molecule has 2 aromatic rings.